The SMILES string of the molecule is COc1ccc(C)cc1NC(=O)c1cc(OCc2ccccc2)no1. The smallest absolute Gasteiger partial charge is 0.294 e. The molecule has 2 aromatic carbocycles. The first-order valence-corrected chi connectivity index (χ1v) is 7.75. The molecular formula is C19H18N2O4. The first kappa shape index (κ1) is 16.6. The topological polar surface area (TPSA) is 73.6 Å². The number of carbonyl (C=O) groups excluding carboxylic acids is 1. The van der Waals surface area contributed by atoms with E-state index in [1.54, 1.807) is 13.2 Å². The van der Waals surface area contributed by atoms with Gasteiger partial charge in [0.15, 0.2) is 0 Å². The van der Waals surface area contributed by atoms with Gasteiger partial charge in [-0.05, 0) is 35.3 Å². The number of carbonyl (C=O) groups is 1. The summed E-state index contributed by atoms with van der Waals surface area (Å²) in [6, 6.07) is 16.6. The minimum absolute atomic E-state index is 0.0617. The normalized spacial score (nSPS) is 10.3. The number of aryl methyl sites for hydroxylation is 1. The summed E-state index contributed by atoms with van der Waals surface area (Å²) in [5.41, 5.74) is 2.57. The Labute approximate surface area is 145 Å². The van der Waals surface area contributed by atoms with Crippen LogP contribution in [0.2, 0.25) is 0 Å². The van der Waals surface area contributed by atoms with Gasteiger partial charge in [0.2, 0.25) is 5.76 Å². The monoisotopic (exact) mass is 338 g/mol. The lowest BCUT2D eigenvalue weighted by atomic mass is 10.2. The van der Waals surface area contributed by atoms with Crippen LogP contribution in [0.15, 0.2) is 59.1 Å². The molecule has 1 N–H and O–H groups in total. The Morgan fingerprint density at radius 1 is 1.16 bits per heavy atom. The van der Waals surface area contributed by atoms with Gasteiger partial charge in [-0.15, -0.1) is 0 Å². The van der Waals surface area contributed by atoms with E-state index in [1.807, 2.05) is 49.4 Å². The minimum Gasteiger partial charge on any atom is -0.495 e. The molecule has 0 spiro atoms. The molecule has 6 heteroatoms. The second kappa shape index (κ2) is 7.53. The van der Waals surface area contributed by atoms with Crippen molar-refractivity contribution >= 4 is 11.6 Å². The summed E-state index contributed by atoms with van der Waals surface area (Å²) in [5, 5.41) is 6.52. The van der Waals surface area contributed by atoms with Gasteiger partial charge in [-0.25, -0.2) is 0 Å². The molecule has 0 fully saturated rings. The number of nitrogens with zero attached hydrogens (tertiary/aromatic N) is 1. The third-order valence-corrected chi connectivity index (χ3v) is 3.55. The molecule has 0 aliphatic rings. The van der Waals surface area contributed by atoms with Crippen molar-refractivity contribution in [3.63, 3.8) is 0 Å². The summed E-state index contributed by atoms with van der Waals surface area (Å²) in [6.45, 7) is 2.28. The van der Waals surface area contributed by atoms with Crippen LogP contribution in [0, 0.1) is 6.92 Å². The Kier molecular flexibility index (Phi) is 4.99. The maximum Gasteiger partial charge on any atom is 0.294 e. The van der Waals surface area contributed by atoms with E-state index < -0.39 is 5.91 Å². The lowest BCUT2D eigenvalue weighted by Crippen LogP contribution is -2.12. The largest absolute Gasteiger partial charge is 0.495 e. The Balaban J connectivity index is 1.65. The van der Waals surface area contributed by atoms with Crippen molar-refractivity contribution in [2.45, 2.75) is 13.5 Å². The highest BCUT2D eigenvalue weighted by Crippen LogP contribution is 2.26. The highest BCUT2D eigenvalue weighted by atomic mass is 16.5. The van der Waals surface area contributed by atoms with Gasteiger partial charge in [-0.3, -0.25) is 4.79 Å². The van der Waals surface area contributed by atoms with Crippen LogP contribution < -0.4 is 14.8 Å². The lowest BCUT2D eigenvalue weighted by Gasteiger charge is -2.09. The summed E-state index contributed by atoms with van der Waals surface area (Å²) >= 11 is 0. The quantitative estimate of drug-likeness (QED) is 0.739. The summed E-state index contributed by atoms with van der Waals surface area (Å²) in [6.07, 6.45) is 0. The Morgan fingerprint density at radius 2 is 1.96 bits per heavy atom. The summed E-state index contributed by atoms with van der Waals surface area (Å²) in [7, 11) is 1.55. The summed E-state index contributed by atoms with van der Waals surface area (Å²) in [5.74, 6) is 0.460. The van der Waals surface area contributed by atoms with Crippen molar-refractivity contribution in [2.75, 3.05) is 12.4 Å². The number of hydrogen-bond acceptors (Lipinski definition) is 5. The van der Waals surface area contributed by atoms with E-state index in [0.29, 0.717) is 18.0 Å². The fourth-order valence-electron chi connectivity index (χ4n) is 2.27. The Morgan fingerprint density at radius 3 is 2.72 bits per heavy atom. The van der Waals surface area contributed by atoms with Crippen LogP contribution in [0.5, 0.6) is 11.6 Å². The van der Waals surface area contributed by atoms with Crippen molar-refractivity contribution in [2.24, 2.45) is 0 Å². The molecule has 1 aromatic heterocycles. The van der Waals surface area contributed by atoms with Crippen LogP contribution in [-0.2, 0) is 6.61 Å². The number of ether oxygens (including phenoxy) is 2. The molecule has 1 amide bonds. The van der Waals surface area contributed by atoms with E-state index in [0.717, 1.165) is 11.1 Å². The molecule has 0 atom stereocenters. The van der Waals surface area contributed by atoms with Gasteiger partial charge >= 0.3 is 0 Å². The zero-order valence-electron chi connectivity index (χ0n) is 14.0. The zero-order chi connectivity index (χ0) is 17.6. The maximum absolute atomic E-state index is 12.3. The van der Waals surface area contributed by atoms with E-state index >= 15 is 0 Å². The van der Waals surface area contributed by atoms with Crippen LogP contribution in [0.4, 0.5) is 5.69 Å². The number of rotatable bonds is 6. The molecule has 25 heavy (non-hydrogen) atoms. The fraction of sp³-hybridized carbons (Fsp3) is 0.158. The average Bonchev–Trinajstić information content (AvgIpc) is 3.10. The average molecular weight is 338 g/mol. The van der Waals surface area contributed by atoms with Gasteiger partial charge in [-0.1, -0.05) is 36.4 Å². The van der Waals surface area contributed by atoms with Crippen LogP contribution in [0.25, 0.3) is 0 Å². The molecule has 0 bridgehead atoms. The molecule has 0 radical (unpaired) electrons. The number of anilines is 1. The highest BCUT2D eigenvalue weighted by Gasteiger charge is 2.16. The van der Waals surface area contributed by atoms with E-state index in [2.05, 4.69) is 10.5 Å². The number of nitrogens with one attached hydrogen (secondary N) is 1. The van der Waals surface area contributed by atoms with Crippen molar-refractivity contribution in [3.8, 4) is 11.6 Å². The lowest BCUT2D eigenvalue weighted by molar-refractivity contribution is 0.0987. The van der Waals surface area contributed by atoms with Crippen molar-refractivity contribution in [1.29, 1.82) is 0 Å². The number of hydrogen-bond donors (Lipinski definition) is 1. The van der Waals surface area contributed by atoms with Gasteiger partial charge in [0.25, 0.3) is 11.8 Å². The molecule has 6 nitrogen and oxygen atoms in total. The molecule has 0 saturated carbocycles. The first-order chi connectivity index (χ1) is 12.2. The van der Waals surface area contributed by atoms with Crippen molar-refractivity contribution in [1.82, 2.24) is 5.16 Å². The molecule has 0 aliphatic carbocycles. The predicted octanol–water partition coefficient (Wildman–Crippen LogP) is 3.82. The van der Waals surface area contributed by atoms with E-state index in [4.69, 9.17) is 14.0 Å². The Bertz CT molecular complexity index is 859. The van der Waals surface area contributed by atoms with Gasteiger partial charge in [0, 0.05) is 0 Å². The third kappa shape index (κ3) is 4.17. The second-order valence-corrected chi connectivity index (χ2v) is 5.46. The van der Waals surface area contributed by atoms with Crippen LogP contribution >= 0.6 is 0 Å². The molecule has 0 saturated heterocycles. The predicted molar refractivity (Wildman–Crippen MR) is 93.0 cm³/mol. The number of methoxy groups -OCH3 is 1. The Hall–Kier alpha value is -3.28. The van der Waals surface area contributed by atoms with E-state index in [9.17, 15) is 4.79 Å². The van der Waals surface area contributed by atoms with Gasteiger partial charge < -0.3 is 19.3 Å². The minimum atomic E-state index is -0.425. The van der Waals surface area contributed by atoms with Crippen LogP contribution in [0.1, 0.15) is 21.7 Å². The maximum atomic E-state index is 12.3. The van der Waals surface area contributed by atoms with Crippen LogP contribution in [-0.4, -0.2) is 18.2 Å². The van der Waals surface area contributed by atoms with E-state index in [1.165, 1.54) is 6.07 Å². The summed E-state index contributed by atoms with van der Waals surface area (Å²) < 4.78 is 15.8. The molecule has 0 unspecified atom stereocenters. The van der Waals surface area contributed by atoms with Gasteiger partial charge in [-0.2, -0.15) is 0 Å². The second-order valence-electron chi connectivity index (χ2n) is 5.46. The molecule has 0 aliphatic heterocycles. The number of benzene rings is 2. The third-order valence-electron chi connectivity index (χ3n) is 3.55. The van der Waals surface area contributed by atoms with Gasteiger partial charge in [0.05, 0.1) is 18.9 Å². The molecule has 3 aromatic rings. The molecule has 3 rings (SSSR count). The molecule has 128 valence electrons. The van der Waals surface area contributed by atoms with Crippen molar-refractivity contribution in [3.05, 3.63) is 71.5 Å². The fourth-order valence-corrected chi connectivity index (χ4v) is 2.27. The highest BCUT2D eigenvalue weighted by molar-refractivity contribution is 6.03. The van der Waals surface area contributed by atoms with Crippen molar-refractivity contribution < 1.29 is 18.8 Å². The standard InChI is InChI=1S/C19H18N2O4/c1-13-8-9-16(23-2)15(10-13)20-19(22)17-11-18(21-25-17)24-12-14-6-4-3-5-7-14/h3-11H,12H2,1-2H3,(H,20,22). The van der Waals surface area contributed by atoms with Gasteiger partial charge in [0.1, 0.15) is 12.4 Å². The number of amides is 1. The zero-order valence-corrected chi connectivity index (χ0v) is 14.0. The molecule has 1 heterocycles. The van der Waals surface area contributed by atoms with E-state index in [-0.39, 0.29) is 11.6 Å². The van der Waals surface area contributed by atoms with Crippen LogP contribution in [0.3, 0.4) is 0 Å². The first-order valence-electron chi connectivity index (χ1n) is 7.75. The molecular weight excluding hydrogens is 320 g/mol. The number of aromatic nitrogens is 1. The summed E-state index contributed by atoms with van der Waals surface area (Å²) in [4.78, 5) is 12.3.